The van der Waals surface area contributed by atoms with Gasteiger partial charge in [0.05, 0.1) is 11.1 Å². The monoisotopic (exact) mass is 380 g/mol. The van der Waals surface area contributed by atoms with Gasteiger partial charge in [0.15, 0.2) is 11.5 Å². The fraction of sp³-hybridized carbons (Fsp3) is 0.0500. The van der Waals surface area contributed by atoms with Crippen LogP contribution in [0.25, 0.3) is 28.2 Å². The highest BCUT2D eigenvalue weighted by atomic mass is 32.1. The molecule has 2 aromatic heterocycles. The van der Waals surface area contributed by atoms with Gasteiger partial charge >= 0.3 is 0 Å². The summed E-state index contributed by atoms with van der Waals surface area (Å²) >= 11 is 5.25. The molecule has 4 nitrogen and oxygen atoms in total. The van der Waals surface area contributed by atoms with E-state index < -0.39 is 5.82 Å². The summed E-state index contributed by atoms with van der Waals surface area (Å²) < 4.78 is 29.1. The molecular formula is C20H14F2N4S. The second-order valence-electron chi connectivity index (χ2n) is 6.10. The quantitative estimate of drug-likeness (QED) is 0.539. The van der Waals surface area contributed by atoms with Crippen molar-refractivity contribution in [2.75, 3.05) is 0 Å². The Labute approximate surface area is 159 Å². The number of nitrogens with two attached hydrogens (primary N) is 1. The number of aryl methyl sites for hydroxylation is 1. The number of halogens is 2. The van der Waals surface area contributed by atoms with Crippen LogP contribution in [0.3, 0.4) is 0 Å². The number of fused-ring (bicyclic) bond motifs is 1. The van der Waals surface area contributed by atoms with Crippen molar-refractivity contribution in [3.8, 4) is 22.5 Å². The molecule has 4 rings (SSSR count). The fourth-order valence-electron chi connectivity index (χ4n) is 3.04. The van der Waals surface area contributed by atoms with Crippen molar-refractivity contribution in [2.24, 2.45) is 5.73 Å². The molecular weight excluding hydrogens is 366 g/mol. The number of aromatic nitrogens is 3. The van der Waals surface area contributed by atoms with Crippen molar-refractivity contribution >= 4 is 22.9 Å². The van der Waals surface area contributed by atoms with Crippen LogP contribution in [0.5, 0.6) is 0 Å². The Hall–Kier alpha value is -3.19. The molecule has 0 aliphatic carbocycles. The van der Waals surface area contributed by atoms with Gasteiger partial charge in [-0.2, -0.15) is 0 Å². The Bertz CT molecular complexity index is 1180. The molecule has 2 N–H and O–H groups in total. The van der Waals surface area contributed by atoms with Crippen molar-refractivity contribution in [1.82, 2.24) is 14.6 Å². The summed E-state index contributed by atoms with van der Waals surface area (Å²) in [5.74, 6) is -0.510. The summed E-state index contributed by atoms with van der Waals surface area (Å²) in [4.78, 5) is 4.63. The van der Waals surface area contributed by atoms with E-state index in [0.717, 1.165) is 16.8 Å². The van der Waals surface area contributed by atoms with E-state index in [4.69, 9.17) is 18.0 Å². The smallest absolute Gasteiger partial charge is 0.185 e. The average molecular weight is 380 g/mol. The molecule has 4 aromatic rings. The third-order valence-electron chi connectivity index (χ3n) is 4.30. The van der Waals surface area contributed by atoms with Gasteiger partial charge in [-0.3, -0.25) is 0 Å². The number of rotatable bonds is 3. The fourth-order valence-corrected chi connectivity index (χ4v) is 3.24. The SMILES string of the molecule is Cc1cc(-c2ccc(F)cc2)c(C(N)=S)c2nc(-c3ccccc3F)nn12. The number of thiocarbonyl (C=S) groups is 1. The minimum absolute atomic E-state index is 0.131. The van der Waals surface area contributed by atoms with E-state index in [-0.39, 0.29) is 22.2 Å². The van der Waals surface area contributed by atoms with Crippen LogP contribution < -0.4 is 5.73 Å². The molecule has 0 fully saturated rings. The van der Waals surface area contributed by atoms with Crippen LogP contribution in [-0.4, -0.2) is 19.6 Å². The summed E-state index contributed by atoms with van der Waals surface area (Å²) in [5, 5.41) is 4.43. The highest BCUT2D eigenvalue weighted by Gasteiger charge is 2.20. The van der Waals surface area contributed by atoms with Crippen LogP contribution in [0.2, 0.25) is 0 Å². The first-order chi connectivity index (χ1) is 13.0. The molecule has 27 heavy (non-hydrogen) atoms. The van der Waals surface area contributed by atoms with Crippen LogP contribution in [-0.2, 0) is 0 Å². The second-order valence-corrected chi connectivity index (χ2v) is 6.54. The first kappa shape index (κ1) is 17.2. The third kappa shape index (κ3) is 2.96. The predicted octanol–water partition coefficient (Wildman–Crippen LogP) is 4.28. The first-order valence-corrected chi connectivity index (χ1v) is 8.57. The Balaban J connectivity index is 2.02. The van der Waals surface area contributed by atoms with Crippen LogP contribution >= 0.6 is 12.2 Å². The second kappa shape index (κ2) is 6.51. The zero-order valence-electron chi connectivity index (χ0n) is 14.3. The van der Waals surface area contributed by atoms with Gasteiger partial charge in [-0.15, -0.1) is 5.10 Å². The topological polar surface area (TPSA) is 56.2 Å². The van der Waals surface area contributed by atoms with E-state index in [0.29, 0.717) is 11.2 Å². The van der Waals surface area contributed by atoms with Crippen molar-refractivity contribution in [3.05, 3.63) is 77.5 Å². The molecule has 0 unspecified atom stereocenters. The summed E-state index contributed by atoms with van der Waals surface area (Å²) in [7, 11) is 0. The number of hydrogen-bond donors (Lipinski definition) is 1. The molecule has 0 aliphatic heterocycles. The summed E-state index contributed by atoms with van der Waals surface area (Å²) in [5.41, 5.74) is 9.45. The van der Waals surface area contributed by atoms with Crippen LogP contribution in [0.15, 0.2) is 54.6 Å². The molecule has 2 aromatic carbocycles. The number of hydrogen-bond acceptors (Lipinski definition) is 3. The molecule has 0 spiro atoms. The van der Waals surface area contributed by atoms with Gasteiger partial charge in [0, 0.05) is 5.69 Å². The Kier molecular flexibility index (Phi) is 4.16. The summed E-state index contributed by atoms with van der Waals surface area (Å²) in [6.45, 7) is 1.85. The van der Waals surface area contributed by atoms with Gasteiger partial charge in [0.25, 0.3) is 0 Å². The molecule has 0 amide bonds. The number of pyridine rings is 1. The molecule has 7 heteroatoms. The van der Waals surface area contributed by atoms with E-state index in [1.807, 2.05) is 13.0 Å². The Morgan fingerprint density at radius 1 is 1.04 bits per heavy atom. The maximum absolute atomic E-state index is 14.2. The van der Waals surface area contributed by atoms with Crippen LogP contribution in [0, 0.1) is 18.6 Å². The maximum atomic E-state index is 14.2. The van der Waals surface area contributed by atoms with Crippen molar-refractivity contribution in [2.45, 2.75) is 6.92 Å². The number of benzene rings is 2. The van der Waals surface area contributed by atoms with Gasteiger partial charge in [-0.25, -0.2) is 18.3 Å². The summed E-state index contributed by atoms with van der Waals surface area (Å²) in [6, 6.07) is 14.2. The van der Waals surface area contributed by atoms with Gasteiger partial charge in [0.2, 0.25) is 0 Å². The molecule has 0 saturated carbocycles. The zero-order chi connectivity index (χ0) is 19.1. The average Bonchev–Trinajstić information content (AvgIpc) is 3.07. The minimum Gasteiger partial charge on any atom is -0.389 e. The highest BCUT2D eigenvalue weighted by Crippen LogP contribution is 2.30. The molecule has 0 saturated heterocycles. The van der Waals surface area contributed by atoms with Gasteiger partial charge in [-0.1, -0.05) is 36.5 Å². The van der Waals surface area contributed by atoms with Crippen molar-refractivity contribution < 1.29 is 8.78 Å². The molecule has 134 valence electrons. The zero-order valence-corrected chi connectivity index (χ0v) is 15.1. The largest absolute Gasteiger partial charge is 0.389 e. The van der Waals surface area contributed by atoms with Gasteiger partial charge in [-0.05, 0) is 48.4 Å². The van der Waals surface area contributed by atoms with Gasteiger partial charge in [0.1, 0.15) is 16.6 Å². The standard InChI is InChI=1S/C20H14F2N4S/c1-11-10-15(12-6-8-13(21)9-7-12)17(18(23)27)20-24-19(25-26(11)20)14-4-2-3-5-16(14)22/h2-10H,1H3,(H2,23,27). The molecule has 0 radical (unpaired) electrons. The molecule has 0 bridgehead atoms. The minimum atomic E-state index is -0.415. The van der Waals surface area contributed by atoms with Crippen LogP contribution in [0.1, 0.15) is 11.3 Å². The molecule has 0 aliphatic rings. The van der Waals surface area contributed by atoms with E-state index in [1.54, 1.807) is 34.8 Å². The molecule has 2 heterocycles. The van der Waals surface area contributed by atoms with Crippen molar-refractivity contribution in [3.63, 3.8) is 0 Å². The lowest BCUT2D eigenvalue weighted by atomic mass is 10.00. The van der Waals surface area contributed by atoms with Gasteiger partial charge < -0.3 is 5.73 Å². The lowest BCUT2D eigenvalue weighted by Crippen LogP contribution is -2.14. The predicted molar refractivity (Wildman–Crippen MR) is 104 cm³/mol. The van der Waals surface area contributed by atoms with E-state index in [1.165, 1.54) is 18.2 Å². The van der Waals surface area contributed by atoms with E-state index >= 15 is 0 Å². The Morgan fingerprint density at radius 3 is 2.41 bits per heavy atom. The summed E-state index contributed by atoms with van der Waals surface area (Å²) in [6.07, 6.45) is 0. The highest BCUT2D eigenvalue weighted by molar-refractivity contribution is 7.80. The first-order valence-electron chi connectivity index (χ1n) is 8.16. The van der Waals surface area contributed by atoms with Crippen LogP contribution in [0.4, 0.5) is 8.78 Å². The maximum Gasteiger partial charge on any atom is 0.185 e. The van der Waals surface area contributed by atoms with E-state index in [9.17, 15) is 8.78 Å². The third-order valence-corrected chi connectivity index (χ3v) is 4.51. The lowest BCUT2D eigenvalue weighted by molar-refractivity contribution is 0.628. The van der Waals surface area contributed by atoms with E-state index in [2.05, 4.69) is 10.1 Å². The lowest BCUT2D eigenvalue weighted by Gasteiger charge is -2.11. The normalized spacial score (nSPS) is 11.1. The Morgan fingerprint density at radius 2 is 1.74 bits per heavy atom. The van der Waals surface area contributed by atoms with Crippen molar-refractivity contribution in [1.29, 1.82) is 0 Å². The number of nitrogens with zero attached hydrogens (tertiary/aromatic N) is 3. The molecule has 0 atom stereocenters.